The van der Waals surface area contributed by atoms with Crippen molar-refractivity contribution in [1.82, 2.24) is 0 Å². The van der Waals surface area contributed by atoms with Crippen LogP contribution in [0.15, 0.2) is 109 Å². The predicted molar refractivity (Wildman–Crippen MR) is 158 cm³/mol. The van der Waals surface area contributed by atoms with Crippen molar-refractivity contribution >= 4 is 11.5 Å². The Hall–Kier alpha value is -4.15. The monoisotopic (exact) mass is 520 g/mol. The Bertz CT molecular complexity index is 1340. The van der Waals surface area contributed by atoms with E-state index < -0.39 is 6.10 Å². The molecule has 200 valence electrons. The van der Waals surface area contributed by atoms with Gasteiger partial charge in [-0.3, -0.25) is 0 Å². The van der Waals surface area contributed by atoms with E-state index in [9.17, 15) is 4.79 Å². The van der Waals surface area contributed by atoms with E-state index in [1.165, 1.54) is 16.7 Å². The molecule has 1 atom stereocenters. The molecule has 0 fully saturated rings. The van der Waals surface area contributed by atoms with E-state index in [1.54, 1.807) is 6.92 Å². The van der Waals surface area contributed by atoms with Gasteiger partial charge in [0, 0.05) is 13.0 Å². The summed E-state index contributed by atoms with van der Waals surface area (Å²) in [5, 5.41) is 0. The minimum absolute atomic E-state index is 0.328. The van der Waals surface area contributed by atoms with Gasteiger partial charge in [-0.25, -0.2) is 4.79 Å². The summed E-state index contributed by atoms with van der Waals surface area (Å²) < 4.78 is 16.8. The lowest BCUT2D eigenvalue weighted by atomic mass is 9.95. The first kappa shape index (κ1) is 27.9. The average molecular weight is 521 g/mol. The van der Waals surface area contributed by atoms with Gasteiger partial charge in [0.25, 0.3) is 0 Å². The molecule has 4 aromatic rings. The van der Waals surface area contributed by atoms with Crippen LogP contribution in [0.3, 0.4) is 0 Å². The molecule has 0 aliphatic rings. The molecule has 4 nitrogen and oxygen atoms in total. The normalized spacial score (nSPS) is 12.1. The molecule has 39 heavy (non-hydrogen) atoms. The van der Waals surface area contributed by atoms with Crippen LogP contribution in [0.2, 0.25) is 0 Å². The van der Waals surface area contributed by atoms with Crippen molar-refractivity contribution in [2.45, 2.75) is 33.3 Å². The van der Waals surface area contributed by atoms with E-state index in [-0.39, 0.29) is 5.97 Å². The summed E-state index contributed by atoms with van der Waals surface area (Å²) in [5.41, 5.74) is 8.01. The fraction of sp³-hybridized carbons (Fsp3) is 0.229. The highest BCUT2D eigenvalue weighted by Gasteiger charge is 2.20. The lowest BCUT2D eigenvalue weighted by molar-refractivity contribution is -0.156. The SMILES string of the molecule is CCOC(=O)[C@H](Cc1ccc(OCC=C(c2ccc(C)cc2)c2ccc(-c3ccccc3)cc2)cc1)OCC. The van der Waals surface area contributed by atoms with Crippen LogP contribution in [0.4, 0.5) is 0 Å². The molecule has 0 unspecified atom stereocenters. The third kappa shape index (κ3) is 7.92. The van der Waals surface area contributed by atoms with Gasteiger partial charge in [-0.05, 0) is 72.4 Å². The van der Waals surface area contributed by atoms with Gasteiger partial charge in [0.2, 0.25) is 0 Å². The topological polar surface area (TPSA) is 44.8 Å². The summed E-state index contributed by atoms with van der Waals surface area (Å²) in [6, 6.07) is 35.4. The van der Waals surface area contributed by atoms with Crippen LogP contribution >= 0.6 is 0 Å². The molecule has 0 aliphatic carbocycles. The van der Waals surface area contributed by atoms with Crippen molar-refractivity contribution in [1.29, 1.82) is 0 Å². The van der Waals surface area contributed by atoms with Crippen LogP contribution in [0, 0.1) is 6.92 Å². The fourth-order valence-corrected chi connectivity index (χ4v) is 4.41. The summed E-state index contributed by atoms with van der Waals surface area (Å²) >= 11 is 0. The molecular formula is C35H36O4. The number of rotatable bonds is 12. The Morgan fingerprint density at radius 1 is 0.744 bits per heavy atom. The van der Waals surface area contributed by atoms with Crippen LogP contribution in [-0.4, -0.2) is 31.9 Å². The van der Waals surface area contributed by atoms with Crippen molar-refractivity contribution in [2.75, 3.05) is 19.8 Å². The Balaban J connectivity index is 1.47. The number of ether oxygens (including phenoxy) is 3. The molecule has 4 aromatic carbocycles. The first-order valence-corrected chi connectivity index (χ1v) is 13.5. The smallest absolute Gasteiger partial charge is 0.335 e. The van der Waals surface area contributed by atoms with E-state index in [4.69, 9.17) is 14.2 Å². The quantitative estimate of drug-likeness (QED) is 0.180. The van der Waals surface area contributed by atoms with E-state index in [0.717, 1.165) is 28.0 Å². The zero-order chi connectivity index (χ0) is 27.5. The van der Waals surface area contributed by atoms with Crippen LogP contribution < -0.4 is 4.74 Å². The lowest BCUT2D eigenvalue weighted by Crippen LogP contribution is -2.28. The van der Waals surface area contributed by atoms with E-state index in [1.807, 2.05) is 37.3 Å². The standard InChI is InChI=1S/C35H36O4/c1-4-37-34(35(36)38-5-2)25-27-13-21-32(22-14-27)39-24-23-33(30-15-11-26(3)12-16-30)31-19-17-29(18-20-31)28-9-7-6-8-10-28/h6-23,34H,4-5,24-25H2,1-3H3/t34-/m0/s1. The second kappa shape index (κ2) is 14.1. The molecule has 0 bridgehead atoms. The largest absolute Gasteiger partial charge is 0.490 e. The molecule has 4 rings (SSSR count). The van der Waals surface area contributed by atoms with Crippen molar-refractivity contribution in [3.05, 3.63) is 131 Å². The molecule has 0 N–H and O–H groups in total. The number of carbonyl (C=O) groups is 1. The summed E-state index contributed by atoms with van der Waals surface area (Å²) in [7, 11) is 0. The van der Waals surface area contributed by atoms with Crippen LogP contribution in [0.5, 0.6) is 5.75 Å². The number of benzene rings is 4. The fourth-order valence-electron chi connectivity index (χ4n) is 4.41. The van der Waals surface area contributed by atoms with Crippen LogP contribution in [0.25, 0.3) is 16.7 Å². The Labute approximate surface area is 231 Å². The van der Waals surface area contributed by atoms with E-state index in [0.29, 0.717) is 26.2 Å². The van der Waals surface area contributed by atoms with Gasteiger partial charge in [0.05, 0.1) is 6.61 Å². The number of esters is 1. The van der Waals surface area contributed by atoms with Crippen molar-refractivity contribution < 1.29 is 19.0 Å². The molecular weight excluding hydrogens is 484 g/mol. The zero-order valence-corrected chi connectivity index (χ0v) is 22.9. The molecule has 0 spiro atoms. The molecule has 4 heteroatoms. The maximum Gasteiger partial charge on any atom is 0.335 e. The molecule has 0 heterocycles. The molecule has 0 amide bonds. The Morgan fingerprint density at radius 2 is 1.36 bits per heavy atom. The summed E-state index contributed by atoms with van der Waals surface area (Å²) in [5.74, 6) is 0.437. The molecule has 0 radical (unpaired) electrons. The van der Waals surface area contributed by atoms with E-state index >= 15 is 0 Å². The second-order valence-electron chi connectivity index (χ2n) is 9.28. The minimum Gasteiger partial charge on any atom is -0.490 e. The first-order chi connectivity index (χ1) is 19.1. The minimum atomic E-state index is -0.602. The number of hydrogen-bond acceptors (Lipinski definition) is 4. The molecule has 0 aliphatic heterocycles. The number of hydrogen-bond donors (Lipinski definition) is 0. The van der Waals surface area contributed by atoms with E-state index in [2.05, 4.69) is 85.8 Å². The van der Waals surface area contributed by atoms with Gasteiger partial charge < -0.3 is 14.2 Å². The third-order valence-electron chi connectivity index (χ3n) is 6.46. The van der Waals surface area contributed by atoms with Gasteiger partial charge in [0.15, 0.2) is 6.10 Å². The van der Waals surface area contributed by atoms with Crippen molar-refractivity contribution in [3.8, 4) is 16.9 Å². The van der Waals surface area contributed by atoms with Gasteiger partial charge in [-0.1, -0.05) is 96.6 Å². The molecule has 0 aromatic heterocycles. The zero-order valence-electron chi connectivity index (χ0n) is 22.9. The van der Waals surface area contributed by atoms with Gasteiger partial charge in [-0.15, -0.1) is 0 Å². The third-order valence-corrected chi connectivity index (χ3v) is 6.46. The summed E-state index contributed by atoms with van der Waals surface area (Å²) in [6.45, 7) is 6.98. The molecule has 0 saturated heterocycles. The summed E-state index contributed by atoms with van der Waals surface area (Å²) in [6.07, 6.45) is 1.99. The maximum absolute atomic E-state index is 12.2. The van der Waals surface area contributed by atoms with Crippen molar-refractivity contribution in [2.24, 2.45) is 0 Å². The first-order valence-electron chi connectivity index (χ1n) is 13.5. The van der Waals surface area contributed by atoms with Crippen LogP contribution in [0.1, 0.15) is 36.1 Å². The lowest BCUT2D eigenvalue weighted by Gasteiger charge is -2.16. The van der Waals surface area contributed by atoms with Crippen molar-refractivity contribution in [3.63, 3.8) is 0 Å². The predicted octanol–water partition coefficient (Wildman–Crippen LogP) is 7.68. The Morgan fingerprint density at radius 3 is 1.97 bits per heavy atom. The van der Waals surface area contributed by atoms with Crippen LogP contribution in [-0.2, 0) is 20.7 Å². The van der Waals surface area contributed by atoms with Gasteiger partial charge >= 0.3 is 5.97 Å². The Kier molecular flexibility index (Phi) is 10.1. The van der Waals surface area contributed by atoms with Gasteiger partial charge in [-0.2, -0.15) is 0 Å². The highest BCUT2D eigenvalue weighted by atomic mass is 16.6. The van der Waals surface area contributed by atoms with Gasteiger partial charge in [0.1, 0.15) is 12.4 Å². The highest BCUT2D eigenvalue weighted by molar-refractivity contribution is 5.81. The second-order valence-corrected chi connectivity index (χ2v) is 9.28. The summed E-state index contributed by atoms with van der Waals surface area (Å²) in [4.78, 5) is 12.2. The number of aryl methyl sites for hydroxylation is 1. The maximum atomic E-state index is 12.2. The molecule has 0 saturated carbocycles. The highest BCUT2D eigenvalue weighted by Crippen LogP contribution is 2.27. The number of carbonyl (C=O) groups excluding carboxylic acids is 1. The average Bonchev–Trinajstić information content (AvgIpc) is 2.97.